The minimum Gasteiger partial charge on any atom is -0.312 e. The highest BCUT2D eigenvalue weighted by atomic mass is 14.9. The van der Waals surface area contributed by atoms with Crippen molar-refractivity contribution in [3.05, 3.63) is 0 Å². The van der Waals surface area contributed by atoms with E-state index in [-0.39, 0.29) is 0 Å². The van der Waals surface area contributed by atoms with E-state index < -0.39 is 0 Å². The van der Waals surface area contributed by atoms with Crippen LogP contribution in [0.3, 0.4) is 0 Å². The second-order valence-corrected chi connectivity index (χ2v) is 5.34. The minimum absolute atomic E-state index is 0.352. The first-order valence-corrected chi connectivity index (χ1v) is 6.47. The van der Waals surface area contributed by atoms with E-state index >= 15 is 0 Å². The number of nitrogens with one attached hydrogen (secondary N) is 1. The average Bonchev–Trinajstić information content (AvgIpc) is 2.14. The Kier molecular flexibility index (Phi) is 8.22. The maximum absolute atomic E-state index is 5.93. The Morgan fingerprint density at radius 2 is 1.60 bits per heavy atom. The molecule has 0 heterocycles. The van der Waals surface area contributed by atoms with Gasteiger partial charge >= 0.3 is 0 Å². The Hall–Kier alpha value is 0.0249. The van der Waals surface area contributed by atoms with Crippen LogP contribution in [0.2, 0.25) is 5.82 Å². The molecule has 0 aromatic rings. The highest BCUT2D eigenvalue weighted by Gasteiger charge is 2.10. The summed E-state index contributed by atoms with van der Waals surface area (Å²) >= 11 is 0. The van der Waals surface area contributed by atoms with Gasteiger partial charge in [-0.05, 0) is 39.0 Å². The molecule has 3 atom stereocenters. The van der Waals surface area contributed by atoms with E-state index in [4.69, 9.17) is 7.85 Å². The van der Waals surface area contributed by atoms with Crippen LogP contribution in [-0.4, -0.2) is 19.9 Å². The summed E-state index contributed by atoms with van der Waals surface area (Å²) in [6, 6.07) is 1.16. The Balaban J connectivity index is 3.61. The molecule has 0 aliphatic heterocycles. The molecule has 0 aliphatic rings. The highest BCUT2D eigenvalue weighted by molar-refractivity contribution is 6.11. The van der Waals surface area contributed by atoms with Gasteiger partial charge in [0.25, 0.3) is 0 Å². The zero-order chi connectivity index (χ0) is 11.8. The first kappa shape index (κ1) is 15.0. The summed E-state index contributed by atoms with van der Waals surface area (Å²) in [6.07, 6.45) is 4.74. The van der Waals surface area contributed by atoms with Crippen LogP contribution in [0.4, 0.5) is 0 Å². The average molecular weight is 209 g/mol. The lowest BCUT2D eigenvalue weighted by Gasteiger charge is -2.23. The third-order valence-electron chi connectivity index (χ3n) is 2.93. The first-order chi connectivity index (χ1) is 6.95. The highest BCUT2D eigenvalue weighted by Crippen LogP contribution is 2.14. The Morgan fingerprint density at radius 3 is 2.07 bits per heavy atom. The molecule has 0 rings (SSSR count). The molecule has 0 saturated heterocycles. The molecule has 0 fully saturated rings. The normalized spacial score (nSPS) is 17.7. The summed E-state index contributed by atoms with van der Waals surface area (Å²) in [7, 11) is 5.93. The van der Waals surface area contributed by atoms with Crippen molar-refractivity contribution in [3.8, 4) is 0 Å². The zero-order valence-corrected chi connectivity index (χ0v) is 11.2. The molecule has 2 heteroatoms. The molecule has 0 aromatic carbocycles. The number of rotatable bonds is 8. The van der Waals surface area contributed by atoms with E-state index in [2.05, 4.69) is 39.9 Å². The molecule has 0 aliphatic carbocycles. The van der Waals surface area contributed by atoms with E-state index in [0.717, 1.165) is 18.8 Å². The predicted octanol–water partition coefficient (Wildman–Crippen LogP) is 3.55. The van der Waals surface area contributed by atoms with Crippen LogP contribution in [0.1, 0.15) is 60.3 Å². The SMILES string of the molecule is [B][C@@H](CC)C[C@@H](C)N[C@@H](C)CCC(C)C. The third kappa shape index (κ3) is 8.98. The molecule has 15 heavy (non-hydrogen) atoms. The quantitative estimate of drug-likeness (QED) is 0.603. The molecule has 2 radical (unpaired) electrons. The van der Waals surface area contributed by atoms with Gasteiger partial charge in [0.05, 0.1) is 7.85 Å². The van der Waals surface area contributed by atoms with Crippen LogP contribution < -0.4 is 5.32 Å². The fourth-order valence-electron chi connectivity index (χ4n) is 1.84. The van der Waals surface area contributed by atoms with Gasteiger partial charge < -0.3 is 5.32 Å². The van der Waals surface area contributed by atoms with Crippen LogP contribution in [0.15, 0.2) is 0 Å². The molecule has 0 unspecified atom stereocenters. The van der Waals surface area contributed by atoms with Crippen molar-refractivity contribution in [2.75, 3.05) is 0 Å². The lowest BCUT2D eigenvalue weighted by molar-refractivity contribution is 0.394. The summed E-state index contributed by atoms with van der Waals surface area (Å²) in [5.41, 5.74) is 0. The molecular formula is C13H28BN. The van der Waals surface area contributed by atoms with E-state index in [9.17, 15) is 0 Å². The van der Waals surface area contributed by atoms with E-state index in [1.165, 1.54) is 12.8 Å². The summed E-state index contributed by atoms with van der Waals surface area (Å²) < 4.78 is 0. The lowest BCUT2D eigenvalue weighted by atomic mass is 9.80. The van der Waals surface area contributed by atoms with Crippen LogP contribution in [0.25, 0.3) is 0 Å². The second-order valence-electron chi connectivity index (χ2n) is 5.34. The summed E-state index contributed by atoms with van der Waals surface area (Å²) in [4.78, 5) is 0. The summed E-state index contributed by atoms with van der Waals surface area (Å²) in [6.45, 7) is 11.2. The minimum atomic E-state index is 0.352. The van der Waals surface area contributed by atoms with Crippen molar-refractivity contribution in [1.82, 2.24) is 5.32 Å². The summed E-state index contributed by atoms with van der Waals surface area (Å²) in [5.74, 6) is 1.16. The fourth-order valence-corrected chi connectivity index (χ4v) is 1.84. The van der Waals surface area contributed by atoms with Crippen LogP contribution >= 0.6 is 0 Å². The van der Waals surface area contributed by atoms with Crippen LogP contribution in [0.5, 0.6) is 0 Å². The van der Waals surface area contributed by atoms with Gasteiger partial charge in [-0.25, -0.2) is 0 Å². The molecule has 1 nitrogen and oxygen atoms in total. The molecule has 0 amide bonds. The number of hydrogen-bond acceptors (Lipinski definition) is 1. The van der Waals surface area contributed by atoms with Crippen molar-refractivity contribution in [2.45, 2.75) is 78.2 Å². The molecule has 0 spiro atoms. The smallest absolute Gasteiger partial charge is 0.0700 e. The van der Waals surface area contributed by atoms with Crippen molar-refractivity contribution in [1.29, 1.82) is 0 Å². The topological polar surface area (TPSA) is 12.0 Å². The van der Waals surface area contributed by atoms with Crippen molar-refractivity contribution in [2.24, 2.45) is 5.92 Å². The van der Waals surface area contributed by atoms with Crippen LogP contribution in [0, 0.1) is 5.92 Å². The van der Waals surface area contributed by atoms with E-state index in [1.54, 1.807) is 0 Å². The van der Waals surface area contributed by atoms with Crippen LogP contribution in [-0.2, 0) is 0 Å². The first-order valence-electron chi connectivity index (χ1n) is 6.47. The Morgan fingerprint density at radius 1 is 1.00 bits per heavy atom. The molecule has 0 saturated carbocycles. The van der Waals surface area contributed by atoms with Crippen molar-refractivity contribution < 1.29 is 0 Å². The van der Waals surface area contributed by atoms with E-state index in [1.807, 2.05) is 0 Å². The van der Waals surface area contributed by atoms with Crippen molar-refractivity contribution in [3.63, 3.8) is 0 Å². The molecule has 88 valence electrons. The van der Waals surface area contributed by atoms with Gasteiger partial charge in [-0.2, -0.15) is 0 Å². The fraction of sp³-hybridized carbons (Fsp3) is 1.00. The standard InChI is InChI=1S/C13H28BN/c1-6-13(14)9-12(5)15-11(4)8-7-10(2)3/h10-13,15H,6-9H2,1-5H3/t11-,12+,13-/m0/s1. The molecule has 0 aromatic heterocycles. The second kappa shape index (κ2) is 8.21. The molecular weight excluding hydrogens is 181 g/mol. The predicted molar refractivity (Wildman–Crippen MR) is 70.5 cm³/mol. The molecule has 1 N–H and O–H groups in total. The zero-order valence-electron chi connectivity index (χ0n) is 11.2. The van der Waals surface area contributed by atoms with Gasteiger partial charge in [0, 0.05) is 12.1 Å². The largest absolute Gasteiger partial charge is 0.312 e. The van der Waals surface area contributed by atoms with Gasteiger partial charge in [-0.3, -0.25) is 0 Å². The van der Waals surface area contributed by atoms with Gasteiger partial charge in [-0.15, -0.1) is 0 Å². The maximum Gasteiger partial charge on any atom is 0.0700 e. The van der Waals surface area contributed by atoms with Gasteiger partial charge in [0.15, 0.2) is 0 Å². The van der Waals surface area contributed by atoms with Gasteiger partial charge in [0.1, 0.15) is 0 Å². The summed E-state index contributed by atoms with van der Waals surface area (Å²) in [5, 5.41) is 3.62. The lowest BCUT2D eigenvalue weighted by Crippen LogP contribution is -2.35. The molecule has 0 bridgehead atoms. The number of hydrogen-bond donors (Lipinski definition) is 1. The van der Waals surface area contributed by atoms with Crippen molar-refractivity contribution >= 4 is 7.85 Å². The monoisotopic (exact) mass is 209 g/mol. The third-order valence-corrected chi connectivity index (χ3v) is 2.93. The maximum atomic E-state index is 5.93. The Bertz CT molecular complexity index is 147. The van der Waals surface area contributed by atoms with Gasteiger partial charge in [0.2, 0.25) is 0 Å². The van der Waals surface area contributed by atoms with Gasteiger partial charge in [-0.1, -0.05) is 33.0 Å². The Labute approximate surface area is 97.8 Å². The van der Waals surface area contributed by atoms with E-state index in [0.29, 0.717) is 17.9 Å².